The van der Waals surface area contributed by atoms with Gasteiger partial charge in [0.15, 0.2) is 30.1 Å². The summed E-state index contributed by atoms with van der Waals surface area (Å²) in [5.74, 6) is -9.03. The van der Waals surface area contributed by atoms with Gasteiger partial charge in [-0.05, 0) is 17.7 Å². The molecule has 1 atom stereocenters. The van der Waals surface area contributed by atoms with Gasteiger partial charge in [-0.2, -0.15) is 0 Å². The van der Waals surface area contributed by atoms with E-state index in [9.17, 15) is 31.8 Å². The van der Waals surface area contributed by atoms with Crippen molar-refractivity contribution in [1.82, 2.24) is 9.61 Å². The minimum Gasteiger partial charge on any atom is -0.756 e. The number of anilines is 1. The average molecular weight is 549 g/mol. The van der Waals surface area contributed by atoms with Crippen LogP contribution in [0.3, 0.4) is 0 Å². The minimum atomic E-state index is -5.18. The zero-order valence-electron chi connectivity index (χ0n) is 18.2. The number of phosphoric ester groups is 1. The zero-order chi connectivity index (χ0) is 25.3. The number of pyridine rings is 1. The maximum absolute atomic E-state index is 14.8. The van der Waals surface area contributed by atoms with Gasteiger partial charge >= 0.3 is 51.4 Å². The van der Waals surface area contributed by atoms with Crippen molar-refractivity contribution in [1.29, 1.82) is 0 Å². The summed E-state index contributed by atoms with van der Waals surface area (Å²) in [4.78, 5) is 32.3. The first kappa shape index (κ1) is 28.4. The Morgan fingerprint density at radius 1 is 1.03 bits per heavy atom. The first-order valence-electron chi connectivity index (χ1n) is 9.59. The normalized spacial score (nSPS) is 12.6. The van der Waals surface area contributed by atoms with Gasteiger partial charge in [0.1, 0.15) is 11.3 Å². The number of nitrogens with zero attached hydrogens (tertiary/aromatic N) is 2. The molecule has 2 aromatic carbocycles. The van der Waals surface area contributed by atoms with Gasteiger partial charge in [-0.15, -0.1) is 5.10 Å². The second-order valence-electron chi connectivity index (χ2n) is 6.90. The summed E-state index contributed by atoms with van der Waals surface area (Å²) in [5.41, 5.74) is -2.93. The summed E-state index contributed by atoms with van der Waals surface area (Å²) >= 11 is 0. The molecule has 4 rings (SSSR count). The van der Waals surface area contributed by atoms with E-state index in [1.165, 1.54) is 54.7 Å². The van der Waals surface area contributed by atoms with Crippen LogP contribution in [0.4, 0.5) is 23.2 Å². The molecule has 182 valence electrons. The number of ether oxygens (including phenoxy) is 1. The molecule has 9 nitrogen and oxygen atoms in total. The number of hydrogen-bond acceptors (Lipinski definition) is 6. The zero-order valence-corrected chi connectivity index (χ0v) is 22.3. The number of nitrogens with one attached hydrogen (secondary N) is 1. The third kappa shape index (κ3) is 5.88. The fourth-order valence-corrected chi connectivity index (χ4v) is 3.40. The number of carbonyl (C=O) groups is 1. The monoisotopic (exact) mass is 549 g/mol. The van der Waals surface area contributed by atoms with Gasteiger partial charge in [-0.25, -0.2) is 22.1 Å². The van der Waals surface area contributed by atoms with E-state index < -0.39 is 66.5 Å². The molecule has 0 bridgehead atoms. The Kier molecular flexibility index (Phi) is 9.09. The number of carbonyl (C=O) groups excluding carboxylic acids is 1. The number of phosphoric acid groups is 1. The largest absolute Gasteiger partial charge is 1.00 e. The molecule has 15 heteroatoms. The predicted molar refractivity (Wildman–Crippen MR) is 111 cm³/mol. The molecule has 0 spiro atoms. The number of rotatable bonds is 7. The van der Waals surface area contributed by atoms with Crippen LogP contribution in [0.2, 0.25) is 0 Å². The third-order valence-electron chi connectivity index (χ3n) is 4.71. The Bertz CT molecular complexity index is 1450. The van der Waals surface area contributed by atoms with Gasteiger partial charge in [0.05, 0.1) is 11.1 Å². The van der Waals surface area contributed by atoms with Crippen LogP contribution in [0.5, 0.6) is 5.88 Å². The summed E-state index contributed by atoms with van der Waals surface area (Å²) in [6.07, 6.45) is 1.36. The summed E-state index contributed by atoms with van der Waals surface area (Å²) in [6, 6.07) is 11.2. The molecular weight excluding hydrogens is 536 g/mol. The summed E-state index contributed by atoms with van der Waals surface area (Å²) < 4.78 is 79.8. The van der Waals surface area contributed by atoms with Crippen molar-refractivity contribution in [3.63, 3.8) is 0 Å². The van der Waals surface area contributed by atoms with Gasteiger partial charge in [0, 0.05) is 6.20 Å². The Hall–Kier alpha value is -2.13. The van der Waals surface area contributed by atoms with Crippen molar-refractivity contribution in [2.75, 3.05) is 12.1 Å². The van der Waals surface area contributed by atoms with E-state index in [4.69, 9.17) is 9.63 Å². The molecule has 2 aromatic heterocycles. The molecule has 0 aliphatic rings. The van der Waals surface area contributed by atoms with Crippen LogP contribution in [0.15, 0.2) is 54.7 Å². The van der Waals surface area contributed by atoms with Crippen molar-refractivity contribution in [3.8, 4) is 17.0 Å². The van der Waals surface area contributed by atoms with Crippen molar-refractivity contribution >= 4 is 24.9 Å². The number of benzene rings is 2. The second-order valence-corrected chi connectivity index (χ2v) is 8.09. The molecule has 2 N–H and O–H groups in total. The molecule has 1 unspecified atom stereocenters. The van der Waals surface area contributed by atoms with Crippen LogP contribution in [0, 0.1) is 23.3 Å². The van der Waals surface area contributed by atoms with E-state index in [0.717, 1.165) is 4.52 Å². The molecule has 4 aromatic rings. The topological polar surface area (TPSA) is 125 Å². The van der Waals surface area contributed by atoms with E-state index in [1.54, 1.807) is 5.32 Å². The Labute approximate surface area is 242 Å². The number of hydrogen-bond donors (Lipinski definition) is 2. The van der Waals surface area contributed by atoms with Crippen LogP contribution in [-0.4, -0.2) is 27.2 Å². The molecule has 0 saturated carbocycles. The first-order valence-corrected chi connectivity index (χ1v) is 11.1. The quantitative estimate of drug-likeness (QED) is 0.114. The van der Waals surface area contributed by atoms with Crippen molar-refractivity contribution in [3.05, 3.63) is 83.6 Å². The number of fused-ring (bicyclic) bond motifs is 1. The van der Waals surface area contributed by atoms with E-state index in [-0.39, 0.29) is 62.5 Å². The molecule has 0 aliphatic carbocycles. The fraction of sp³-hybridized carbons (Fsp3) is 0.0476. The number of halogens is 4. The standard InChI is InChI=1S/C21H14F4N3O6P.K/c22-15-13(11-6-2-1-3-7-11)16(23)18(25)19(17(15)24)26-20(29)14-12-8-4-5-9-28(12)27-21(14)33-10-34-35(30,31)32;/h1-9H,10H2,(H,26,29)(H2,30,31,32);/q;+1/p-1. The van der Waals surface area contributed by atoms with Gasteiger partial charge < -0.3 is 19.8 Å². The van der Waals surface area contributed by atoms with Gasteiger partial charge in [0.2, 0.25) is 5.88 Å². The van der Waals surface area contributed by atoms with E-state index in [1.807, 2.05) is 0 Å². The maximum Gasteiger partial charge on any atom is 1.00 e. The molecular formula is C21H13F4KN3O6P. The number of aromatic nitrogens is 2. The average Bonchev–Trinajstić information content (AvgIpc) is 3.19. The fourth-order valence-electron chi connectivity index (χ4n) is 3.22. The Morgan fingerprint density at radius 3 is 2.25 bits per heavy atom. The molecule has 0 aliphatic heterocycles. The SMILES string of the molecule is O=C(Nc1c(F)c(F)c(-c2ccccc2)c(F)c1F)c1c(OCOP(=O)([O-])O)nn2ccccc12.[K+]. The molecule has 0 saturated heterocycles. The van der Waals surface area contributed by atoms with Crippen LogP contribution >= 0.6 is 7.82 Å². The first-order chi connectivity index (χ1) is 16.6. The van der Waals surface area contributed by atoms with E-state index in [2.05, 4.69) is 9.62 Å². The summed E-state index contributed by atoms with van der Waals surface area (Å²) in [7, 11) is -5.18. The van der Waals surface area contributed by atoms with Crippen LogP contribution in [0.1, 0.15) is 10.4 Å². The number of amides is 1. The minimum absolute atomic E-state index is 0. The van der Waals surface area contributed by atoms with E-state index in [0.29, 0.717) is 0 Å². The molecule has 0 fully saturated rings. The van der Waals surface area contributed by atoms with Crippen molar-refractivity contribution in [2.24, 2.45) is 0 Å². The van der Waals surface area contributed by atoms with Crippen LogP contribution < -0.4 is 66.3 Å². The van der Waals surface area contributed by atoms with Gasteiger partial charge in [-0.1, -0.05) is 36.4 Å². The molecule has 36 heavy (non-hydrogen) atoms. The predicted octanol–water partition coefficient (Wildman–Crippen LogP) is 0.628. The van der Waals surface area contributed by atoms with E-state index >= 15 is 0 Å². The molecule has 2 heterocycles. The van der Waals surface area contributed by atoms with Crippen LogP contribution in [-0.2, 0) is 9.09 Å². The maximum atomic E-state index is 14.8. The molecule has 0 radical (unpaired) electrons. The Balaban J connectivity index is 0.00000361. The van der Waals surface area contributed by atoms with Crippen LogP contribution in [0.25, 0.3) is 16.6 Å². The molecule has 1 amide bonds. The Morgan fingerprint density at radius 2 is 1.64 bits per heavy atom. The van der Waals surface area contributed by atoms with Gasteiger partial charge in [0.25, 0.3) is 13.7 Å². The summed E-state index contributed by atoms with van der Waals surface area (Å²) in [5, 5.41) is 5.64. The van der Waals surface area contributed by atoms with Gasteiger partial charge in [-0.3, -0.25) is 13.9 Å². The summed E-state index contributed by atoms with van der Waals surface area (Å²) in [6.45, 7) is -1.10. The van der Waals surface area contributed by atoms with Crippen molar-refractivity contribution < 1.29 is 97.4 Å². The smallest absolute Gasteiger partial charge is 0.756 e. The van der Waals surface area contributed by atoms with Crippen molar-refractivity contribution in [2.45, 2.75) is 0 Å². The third-order valence-corrected chi connectivity index (χ3v) is 5.14. The second kappa shape index (κ2) is 11.5.